The summed E-state index contributed by atoms with van der Waals surface area (Å²) in [4.78, 5) is 26.1. The van der Waals surface area contributed by atoms with Gasteiger partial charge in [0.25, 0.3) is 0 Å². The fraction of sp³-hybridized carbons (Fsp3) is 0.745. The highest BCUT2D eigenvalue weighted by Crippen LogP contribution is 2.17. The van der Waals surface area contributed by atoms with Crippen molar-refractivity contribution in [2.75, 3.05) is 6.61 Å². The van der Waals surface area contributed by atoms with Crippen LogP contribution in [0.2, 0.25) is 0 Å². The summed E-state index contributed by atoms with van der Waals surface area (Å²) >= 11 is 0. The van der Waals surface area contributed by atoms with E-state index >= 15 is 0 Å². The summed E-state index contributed by atoms with van der Waals surface area (Å²) in [5.41, 5.74) is 0. The summed E-state index contributed by atoms with van der Waals surface area (Å²) in [5.74, 6) is -0.527. The molecular formula is C55H97NO5. The van der Waals surface area contributed by atoms with E-state index in [1.807, 2.05) is 0 Å². The molecule has 0 radical (unpaired) electrons. The van der Waals surface area contributed by atoms with Crippen molar-refractivity contribution in [1.29, 1.82) is 0 Å². The molecule has 0 rings (SSSR count). The van der Waals surface area contributed by atoms with Crippen LogP contribution in [-0.4, -0.2) is 46.9 Å². The predicted molar refractivity (Wildman–Crippen MR) is 264 cm³/mol. The van der Waals surface area contributed by atoms with Gasteiger partial charge in [-0.05, 0) is 83.5 Å². The number of hydrogen-bond donors (Lipinski definition) is 3. The Hall–Kier alpha value is -2.70. The first-order valence-electron chi connectivity index (χ1n) is 25.7. The average Bonchev–Trinajstić information content (AvgIpc) is 3.25. The van der Waals surface area contributed by atoms with E-state index in [2.05, 4.69) is 99.0 Å². The van der Waals surface area contributed by atoms with Gasteiger partial charge in [0.2, 0.25) is 5.91 Å². The molecule has 3 unspecified atom stereocenters. The lowest BCUT2D eigenvalue weighted by molar-refractivity contribution is -0.151. The Balaban J connectivity index is 4.68. The monoisotopic (exact) mass is 852 g/mol. The van der Waals surface area contributed by atoms with Gasteiger partial charge in [-0.2, -0.15) is 0 Å². The lowest BCUT2D eigenvalue weighted by Crippen LogP contribution is -2.46. The van der Waals surface area contributed by atoms with Crippen molar-refractivity contribution in [3.05, 3.63) is 72.9 Å². The maximum atomic E-state index is 13.2. The van der Waals surface area contributed by atoms with Crippen molar-refractivity contribution in [1.82, 2.24) is 5.32 Å². The van der Waals surface area contributed by atoms with Crippen molar-refractivity contribution in [3.8, 4) is 0 Å². The molecule has 0 bridgehead atoms. The summed E-state index contributed by atoms with van der Waals surface area (Å²) in [6.07, 6.45) is 61.0. The molecule has 3 N–H and O–H groups in total. The molecule has 0 spiro atoms. The number of hydrogen-bond acceptors (Lipinski definition) is 5. The van der Waals surface area contributed by atoms with Crippen molar-refractivity contribution in [3.63, 3.8) is 0 Å². The molecule has 6 nitrogen and oxygen atoms in total. The van der Waals surface area contributed by atoms with E-state index in [1.165, 1.54) is 109 Å². The second-order valence-corrected chi connectivity index (χ2v) is 17.2. The highest BCUT2D eigenvalue weighted by Gasteiger charge is 2.24. The molecule has 0 aromatic carbocycles. The van der Waals surface area contributed by atoms with Gasteiger partial charge in [0.05, 0.1) is 25.2 Å². The van der Waals surface area contributed by atoms with Gasteiger partial charge in [0.1, 0.15) is 6.10 Å². The number of carbonyl (C=O) groups excluding carboxylic acids is 2. The van der Waals surface area contributed by atoms with Crippen LogP contribution >= 0.6 is 0 Å². The number of carbonyl (C=O) groups is 2. The summed E-state index contributed by atoms with van der Waals surface area (Å²) in [5, 5.41) is 23.7. The predicted octanol–water partition coefficient (Wildman–Crippen LogP) is 15.4. The molecule has 0 aliphatic rings. The number of allylic oxidation sites excluding steroid dienone is 12. The number of esters is 1. The molecule has 1 amide bonds. The number of rotatable bonds is 45. The van der Waals surface area contributed by atoms with Crippen molar-refractivity contribution in [2.45, 2.75) is 257 Å². The Kier molecular flexibility index (Phi) is 46.2. The molecule has 0 saturated carbocycles. The van der Waals surface area contributed by atoms with Crippen LogP contribution in [0.1, 0.15) is 239 Å². The molecule has 0 heterocycles. The Morgan fingerprint density at radius 2 is 0.951 bits per heavy atom. The summed E-state index contributed by atoms with van der Waals surface area (Å²) in [6, 6.07) is -0.718. The van der Waals surface area contributed by atoms with Gasteiger partial charge in [-0.15, -0.1) is 0 Å². The quantitative estimate of drug-likeness (QED) is 0.0245. The molecular weight excluding hydrogens is 755 g/mol. The smallest absolute Gasteiger partial charge is 0.306 e. The van der Waals surface area contributed by atoms with E-state index < -0.39 is 18.2 Å². The first kappa shape index (κ1) is 58.3. The van der Waals surface area contributed by atoms with Gasteiger partial charge in [0, 0.05) is 6.42 Å². The third kappa shape index (κ3) is 43.7. The third-order valence-electron chi connectivity index (χ3n) is 11.3. The third-order valence-corrected chi connectivity index (χ3v) is 11.3. The maximum absolute atomic E-state index is 13.2. The first-order chi connectivity index (χ1) is 30.0. The number of aliphatic hydroxyl groups is 2. The number of ether oxygens (including phenoxy) is 1. The van der Waals surface area contributed by atoms with Crippen LogP contribution < -0.4 is 5.32 Å². The second-order valence-electron chi connectivity index (χ2n) is 17.2. The van der Waals surface area contributed by atoms with E-state index in [4.69, 9.17) is 4.74 Å². The zero-order valence-corrected chi connectivity index (χ0v) is 40.0. The zero-order chi connectivity index (χ0) is 44.5. The van der Waals surface area contributed by atoms with E-state index in [1.54, 1.807) is 0 Å². The van der Waals surface area contributed by atoms with Crippen LogP contribution in [0.4, 0.5) is 0 Å². The average molecular weight is 852 g/mol. The minimum absolute atomic E-state index is 0.0443. The fourth-order valence-corrected chi connectivity index (χ4v) is 7.44. The minimum atomic E-state index is -0.802. The van der Waals surface area contributed by atoms with Crippen LogP contribution in [0, 0.1) is 0 Å². The number of aliphatic hydroxyl groups excluding tert-OH is 2. The zero-order valence-electron chi connectivity index (χ0n) is 40.0. The van der Waals surface area contributed by atoms with Crippen LogP contribution in [-0.2, 0) is 14.3 Å². The van der Waals surface area contributed by atoms with Gasteiger partial charge in [-0.25, -0.2) is 0 Å². The molecule has 61 heavy (non-hydrogen) atoms. The molecule has 0 aliphatic heterocycles. The van der Waals surface area contributed by atoms with Crippen molar-refractivity contribution >= 4 is 11.9 Å². The lowest BCUT2D eigenvalue weighted by atomic mass is 10.0. The lowest BCUT2D eigenvalue weighted by Gasteiger charge is -2.24. The molecule has 6 heteroatoms. The maximum Gasteiger partial charge on any atom is 0.306 e. The normalized spacial score (nSPS) is 13.9. The van der Waals surface area contributed by atoms with Crippen LogP contribution in [0.25, 0.3) is 0 Å². The largest absolute Gasteiger partial charge is 0.462 e. The molecule has 0 fully saturated rings. The Labute approximate surface area is 377 Å². The molecule has 3 atom stereocenters. The van der Waals surface area contributed by atoms with Crippen molar-refractivity contribution in [2.24, 2.45) is 0 Å². The SMILES string of the molecule is CC/C=C/C=C/C=C/CCCCCCCCCC(=O)OC(CCCC/C=C\C/C=C\C/C=C\CCCCC)CC(=O)NC(CO)C(O)CCCCCCCCCCCCCC. The Morgan fingerprint density at radius 1 is 0.508 bits per heavy atom. The molecule has 0 aromatic heterocycles. The van der Waals surface area contributed by atoms with E-state index in [0.717, 1.165) is 83.5 Å². The van der Waals surface area contributed by atoms with Gasteiger partial charge in [-0.3, -0.25) is 9.59 Å². The van der Waals surface area contributed by atoms with Crippen LogP contribution in [0.15, 0.2) is 72.9 Å². The minimum Gasteiger partial charge on any atom is -0.462 e. The van der Waals surface area contributed by atoms with Crippen LogP contribution in [0.3, 0.4) is 0 Å². The number of amides is 1. The first-order valence-corrected chi connectivity index (χ1v) is 25.7. The number of nitrogens with one attached hydrogen (secondary N) is 1. The molecule has 352 valence electrons. The Morgan fingerprint density at radius 3 is 1.52 bits per heavy atom. The van der Waals surface area contributed by atoms with Crippen LogP contribution in [0.5, 0.6) is 0 Å². The summed E-state index contributed by atoms with van der Waals surface area (Å²) in [7, 11) is 0. The highest BCUT2D eigenvalue weighted by molar-refractivity contribution is 5.77. The second kappa shape index (κ2) is 48.3. The molecule has 0 saturated heterocycles. The number of unbranched alkanes of at least 4 members (excludes halogenated alkanes) is 23. The molecule has 0 aromatic rings. The fourth-order valence-electron chi connectivity index (χ4n) is 7.44. The topological polar surface area (TPSA) is 95.9 Å². The van der Waals surface area contributed by atoms with E-state index in [0.29, 0.717) is 19.3 Å². The van der Waals surface area contributed by atoms with E-state index in [9.17, 15) is 19.8 Å². The standard InChI is InChI=1S/C55H97NO5/c1-4-7-10-13-16-19-22-25-27-29-31-34-37-40-43-46-51(61-55(60)48-45-42-39-36-33-30-28-26-23-20-17-14-11-8-5-2)49-54(59)56-52(50-57)53(58)47-44-41-38-35-32-24-21-18-15-12-9-6-3/h8,11,14,16-17,19-20,23,25,27,31,34,51-53,57-58H,4-7,9-10,12-13,15,18,21-22,24,26,28-30,32-33,35-50H2,1-3H3,(H,56,59)/b11-8+,17-14+,19-16-,23-20+,27-25-,34-31-. The highest BCUT2D eigenvalue weighted by atomic mass is 16.5. The Bertz CT molecular complexity index is 1140. The van der Waals surface area contributed by atoms with Gasteiger partial charge >= 0.3 is 5.97 Å². The van der Waals surface area contributed by atoms with Gasteiger partial charge in [-0.1, -0.05) is 216 Å². The van der Waals surface area contributed by atoms with E-state index in [-0.39, 0.29) is 24.9 Å². The molecule has 0 aliphatic carbocycles. The summed E-state index contributed by atoms with van der Waals surface area (Å²) < 4.78 is 5.91. The van der Waals surface area contributed by atoms with Gasteiger partial charge < -0.3 is 20.3 Å². The van der Waals surface area contributed by atoms with Crippen molar-refractivity contribution < 1.29 is 24.5 Å². The summed E-state index contributed by atoms with van der Waals surface area (Å²) in [6.45, 7) is 6.31. The van der Waals surface area contributed by atoms with Gasteiger partial charge in [0.15, 0.2) is 0 Å².